The van der Waals surface area contributed by atoms with Gasteiger partial charge in [0.15, 0.2) is 0 Å². The third-order valence-corrected chi connectivity index (χ3v) is 3.96. The van der Waals surface area contributed by atoms with Gasteiger partial charge in [-0.05, 0) is 36.6 Å². The molecule has 1 amide bonds. The van der Waals surface area contributed by atoms with Crippen molar-refractivity contribution in [1.82, 2.24) is 4.90 Å². The summed E-state index contributed by atoms with van der Waals surface area (Å²) in [6.45, 7) is 4.10. The Bertz CT molecular complexity index is 492. The number of benzene rings is 1. The fraction of sp³-hybridized carbons (Fsp3) is 0.500. The van der Waals surface area contributed by atoms with Crippen molar-refractivity contribution in [2.24, 2.45) is 11.1 Å². The van der Waals surface area contributed by atoms with E-state index in [0.717, 1.165) is 13.0 Å². The van der Waals surface area contributed by atoms with Gasteiger partial charge in [-0.25, -0.2) is 0 Å². The molecule has 1 fully saturated rings. The highest BCUT2D eigenvalue weighted by Gasteiger charge is 2.35. The second kappa shape index (κ2) is 5.39. The van der Waals surface area contributed by atoms with E-state index in [1.54, 1.807) is 25.3 Å². The monoisotopic (exact) mass is 282 g/mol. The minimum Gasteiger partial charge on any atom is -0.496 e. The van der Waals surface area contributed by atoms with Crippen LogP contribution in [0, 0.1) is 5.41 Å². The molecule has 1 unspecified atom stereocenters. The van der Waals surface area contributed by atoms with E-state index in [4.69, 9.17) is 22.1 Å². The summed E-state index contributed by atoms with van der Waals surface area (Å²) in [5.74, 6) is 0.507. The Labute approximate surface area is 118 Å². The Morgan fingerprint density at radius 1 is 1.58 bits per heavy atom. The number of carbonyl (C=O) groups excluding carboxylic acids is 1. The van der Waals surface area contributed by atoms with E-state index in [0.29, 0.717) is 29.4 Å². The number of rotatable bonds is 3. The molecule has 1 atom stereocenters. The number of hydrogen-bond donors (Lipinski definition) is 1. The van der Waals surface area contributed by atoms with Crippen LogP contribution in [-0.4, -0.2) is 37.6 Å². The maximum Gasteiger partial charge on any atom is 0.257 e. The maximum absolute atomic E-state index is 12.5. The van der Waals surface area contributed by atoms with Gasteiger partial charge >= 0.3 is 0 Å². The van der Waals surface area contributed by atoms with E-state index in [1.165, 1.54) is 0 Å². The minimum absolute atomic E-state index is 0.0153. The zero-order valence-electron chi connectivity index (χ0n) is 11.3. The standard InChI is InChI=1S/C14H19ClN2O2/c1-14(8-16)5-6-17(9-14)13(18)11-7-10(15)3-4-12(11)19-2/h3-4,7H,5-6,8-9,16H2,1-2H3. The molecule has 2 rings (SSSR count). The van der Waals surface area contributed by atoms with Crippen LogP contribution in [-0.2, 0) is 0 Å². The molecule has 1 aliphatic heterocycles. The molecule has 0 saturated carbocycles. The molecule has 1 saturated heterocycles. The lowest BCUT2D eigenvalue weighted by Crippen LogP contribution is -2.34. The minimum atomic E-state index is -0.0449. The summed E-state index contributed by atoms with van der Waals surface area (Å²) in [5, 5.41) is 0.532. The number of amides is 1. The van der Waals surface area contributed by atoms with Crippen LogP contribution < -0.4 is 10.5 Å². The smallest absolute Gasteiger partial charge is 0.257 e. The van der Waals surface area contributed by atoms with Crippen LogP contribution in [0.1, 0.15) is 23.7 Å². The van der Waals surface area contributed by atoms with Gasteiger partial charge in [-0.15, -0.1) is 0 Å². The van der Waals surface area contributed by atoms with Gasteiger partial charge in [0.05, 0.1) is 12.7 Å². The van der Waals surface area contributed by atoms with Crippen molar-refractivity contribution < 1.29 is 9.53 Å². The second-order valence-corrected chi connectivity index (χ2v) is 5.77. The fourth-order valence-corrected chi connectivity index (χ4v) is 2.55. The molecule has 0 aliphatic carbocycles. The van der Waals surface area contributed by atoms with Gasteiger partial charge in [0.25, 0.3) is 5.91 Å². The zero-order chi connectivity index (χ0) is 14.0. The Hall–Kier alpha value is -1.26. The van der Waals surface area contributed by atoms with E-state index >= 15 is 0 Å². The number of nitrogens with zero attached hydrogens (tertiary/aromatic N) is 1. The summed E-state index contributed by atoms with van der Waals surface area (Å²) >= 11 is 5.96. The zero-order valence-corrected chi connectivity index (χ0v) is 12.0. The molecule has 1 aromatic rings. The van der Waals surface area contributed by atoms with Gasteiger partial charge in [0.2, 0.25) is 0 Å². The Kier molecular flexibility index (Phi) is 4.02. The molecule has 0 spiro atoms. The predicted molar refractivity (Wildman–Crippen MR) is 75.7 cm³/mol. The van der Waals surface area contributed by atoms with Crippen LogP contribution in [0.4, 0.5) is 0 Å². The third-order valence-electron chi connectivity index (χ3n) is 3.73. The van der Waals surface area contributed by atoms with Gasteiger partial charge in [0.1, 0.15) is 5.75 Å². The van der Waals surface area contributed by atoms with E-state index in [-0.39, 0.29) is 11.3 Å². The van der Waals surface area contributed by atoms with Crippen molar-refractivity contribution in [3.05, 3.63) is 28.8 Å². The first-order chi connectivity index (χ1) is 8.99. The van der Waals surface area contributed by atoms with Crippen LogP contribution in [0.5, 0.6) is 5.75 Å². The van der Waals surface area contributed by atoms with Crippen molar-refractivity contribution in [3.8, 4) is 5.75 Å². The summed E-state index contributed by atoms with van der Waals surface area (Å²) in [7, 11) is 1.55. The molecule has 19 heavy (non-hydrogen) atoms. The van der Waals surface area contributed by atoms with Gasteiger partial charge in [0, 0.05) is 18.1 Å². The van der Waals surface area contributed by atoms with Gasteiger partial charge in [-0.2, -0.15) is 0 Å². The van der Waals surface area contributed by atoms with Crippen molar-refractivity contribution in [2.75, 3.05) is 26.7 Å². The number of likely N-dealkylation sites (tertiary alicyclic amines) is 1. The Morgan fingerprint density at radius 2 is 2.32 bits per heavy atom. The fourth-order valence-electron chi connectivity index (χ4n) is 2.38. The van der Waals surface area contributed by atoms with Crippen molar-refractivity contribution in [2.45, 2.75) is 13.3 Å². The van der Waals surface area contributed by atoms with Crippen LogP contribution in [0.15, 0.2) is 18.2 Å². The number of ether oxygens (including phenoxy) is 1. The van der Waals surface area contributed by atoms with Crippen molar-refractivity contribution in [3.63, 3.8) is 0 Å². The molecule has 104 valence electrons. The van der Waals surface area contributed by atoms with E-state index in [2.05, 4.69) is 6.92 Å². The second-order valence-electron chi connectivity index (χ2n) is 5.34. The molecule has 4 nitrogen and oxygen atoms in total. The summed E-state index contributed by atoms with van der Waals surface area (Å²) < 4.78 is 5.23. The average molecular weight is 283 g/mol. The highest BCUT2D eigenvalue weighted by molar-refractivity contribution is 6.31. The number of methoxy groups -OCH3 is 1. The molecular formula is C14H19ClN2O2. The molecule has 1 heterocycles. The maximum atomic E-state index is 12.5. The molecule has 0 radical (unpaired) electrons. The highest BCUT2D eigenvalue weighted by Crippen LogP contribution is 2.31. The predicted octanol–water partition coefficient (Wildman–Crippen LogP) is 2.16. The topological polar surface area (TPSA) is 55.6 Å². The van der Waals surface area contributed by atoms with Crippen LogP contribution in [0.3, 0.4) is 0 Å². The van der Waals surface area contributed by atoms with E-state index < -0.39 is 0 Å². The number of halogens is 1. The quantitative estimate of drug-likeness (QED) is 0.924. The SMILES string of the molecule is COc1ccc(Cl)cc1C(=O)N1CCC(C)(CN)C1. The van der Waals surface area contributed by atoms with Crippen LogP contribution >= 0.6 is 11.6 Å². The number of carbonyl (C=O) groups is 1. The lowest BCUT2D eigenvalue weighted by atomic mass is 9.90. The van der Waals surface area contributed by atoms with Crippen molar-refractivity contribution in [1.29, 1.82) is 0 Å². The lowest BCUT2D eigenvalue weighted by Gasteiger charge is -2.23. The molecule has 5 heteroatoms. The summed E-state index contributed by atoms with van der Waals surface area (Å²) in [4.78, 5) is 14.3. The van der Waals surface area contributed by atoms with Gasteiger partial charge < -0.3 is 15.4 Å². The molecule has 2 N–H and O–H groups in total. The highest BCUT2D eigenvalue weighted by atomic mass is 35.5. The van der Waals surface area contributed by atoms with Gasteiger partial charge in [-0.3, -0.25) is 4.79 Å². The number of nitrogens with two attached hydrogens (primary N) is 1. The Morgan fingerprint density at radius 3 is 2.89 bits per heavy atom. The third kappa shape index (κ3) is 2.85. The van der Waals surface area contributed by atoms with Crippen molar-refractivity contribution >= 4 is 17.5 Å². The van der Waals surface area contributed by atoms with E-state index in [9.17, 15) is 4.79 Å². The summed E-state index contributed by atoms with van der Waals surface area (Å²) in [6.07, 6.45) is 0.929. The number of hydrogen-bond acceptors (Lipinski definition) is 3. The largest absolute Gasteiger partial charge is 0.496 e. The summed E-state index contributed by atoms with van der Waals surface area (Å²) in [5.41, 5.74) is 6.29. The van der Waals surface area contributed by atoms with E-state index in [1.807, 2.05) is 4.90 Å². The molecular weight excluding hydrogens is 264 g/mol. The molecule has 0 aromatic heterocycles. The van der Waals surface area contributed by atoms with Gasteiger partial charge in [-0.1, -0.05) is 18.5 Å². The summed E-state index contributed by atoms with van der Waals surface area (Å²) in [6, 6.07) is 5.08. The lowest BCUT2D eigenvalue weighted by molar-refractivity contribution is 0.0773. The normalized spacial score (nSPS) is 22.6. The molecule has 1 aliphatic rings. The average Bonchev–Trinajstić information content (AvgIpc) is 2.81. The first-order valence-corrected chi connectivity index (χ1v) is 6.70. The molecule has 1 aromatic carbocycles. The Balaban J connectivity index is 2.23. The van der Waals surface area contributed by atoms with Crippen LogP contribution in [0.25, 0.3) is 0 Å². The molecule has 0 bridgehead atoms. The first kappa shape index (κ1) is 14.2. The van der Waals surface area contributed by atoms with Crippen LogP contribution in [0.2, 0.25) is 5.02 Å². The first-order valence-electron chi connectivity index (χ1n) is 6.32.